The van der Waals surface area contributed by atoms with Gasteiger partial charge in [0.05, 0.1) is 19.8 Å². The zero-order chi connectivity index (χ0) is 19.3. The molecule has 1 aromatic carbocycles. The number of thiazole rings is 1. The van der Waals surface area contributed by atoms with E-state index in [0.717, 1.165) is 28.8 Å². The molecular formula is C17H19F3N4O2S. The van der Waals surface area contributed by atoms with E-state index in [1.54, 1.807) is 6.07 Å². The maximum Gasteiger partial charge on any atom is 0.434 e. The first-order chi connectivity index (χ1) is 13.0. The maximum absolute atomic E-state index is 12.6. The van der Waals surface area contributed by atoms with Gasteiger partial charge in [0, 0.05) is 30.1 Å². The van der Waals surface area contributed by atoms with Crippen LogP contribution in [0.5, 0.6) is 11.5 Å². The fraction of sp³-hybridized carbons (Fsp3) is 0.412. The van der Waals surface area contributed by atoms with Crippen molar-refractivity contribution in [1.82, 2.24) is 10.3 Å². The summed E-state index contributed by atoms with van der Waals surface area (Å²) in [4.78, 5) is 7.89. The molecule has 1 aromatic heterocycles. The molecule has 6 nitrogen and oxygen atoms in total. The Balaban J connectivity index is 1.71. The van der Waals surface area contributed by atoms with Gasteiger partial charge in [0.1, 0.15) is 5.01 Å². The molecule has 146 valence electrons. The number of halogens is 3. The van der Waals surface area contributed by atoms with Crippen LogP contribution < -0.4 is 20.1 Å². The van der Waals surface area contributed by atoms with Gasteiger partial charge in [-0.25, -0.2) is 9.98 Å². The maximum atomic E-state index is 12.6. The molecule has 0 atom stereocenters. The summed E-state index contributed by atoms with van der Waals surface area (Å²) in [5.74, 6) is 1.77. The van der Waals surface area contributed by atoms with Gasteiger partial charge in [-0.1, -0.05) is 0 Å². The van der Waals surface area contributed by atoms with E-state index in [2.05, 4.69) is 20.6 Å². The molecule has 0 fully saturated rings. The summed E-state index contributed by atoms with van der Waals surface area (Å²) in [7, 11) is 0. The number of nitrogens with one attached hydrogen (secondary N) is 2. The van der Waals surface area contributed by atoms with Crippen LogP contribution in [0.15, 0.2) is 28.6 Å². The third-order valence-electron chi connectivity index (χ3n) is 3.57. The quantitative estimate of drug-likeness (QED) is 0.602. The first kappa shape index (κ1) is 19.3. The van der Waals surface area contributed by atoms with Gasteiger partial charge >= 0.3 is 6.18 Å². The van der Waals surface area contributed by atoms with Crippen molar-refractivity contribution in [3.05, 3.63) is 34.3 Å². The highest BCUT2D eigenvalue weighted by Gasteiger charge is 2.33. The van der Waals surface area contributed by atoms with Crippen molar-refractivity contribution in [2.24, 2.45) is 4.99 Å². The van der Waals surface area contributed by atoms with E-state index >= 15 is 0 Å². The lowest BCUT2D eigenvalue weighted by Crippen LogP contribution is -2.30. The van der Waals surface area contributed by atoms with Crippen LogP contribution in [0.2, 0.25) is 0 Å². The largest absolute Gasteiger partial charge is 0.490 e. The van der Waals surface area contributed by atoms with Crippen LogP contribution in [0, 0.1) is 0 Å². The monoisotopic (exact) mass is 400 g/mol. The topological polar surface area (TPSA) is 67.8 Å². The highest BCUT2D eigenvalue weighted by Crippen LogP contribution is 2.32. The van der Waals surface area contributed by atoms with Crippen LogP contribution in [0.4, 0.5) is 18.9 Å². The molecule has 0 spiro atoms. The molecule has 2 N–H and O–H groups in total. The van der Waals surface area contributed by atoms with Crippen LogP contribution in [0.1, 0.15) is 24.0 Å². The van der Waals surface area contributed by atoms with Crippen molar-refractivity contribution in [3.63, 3.8) is 0 Å². The van der Waals surface area contributed by atoms with Crippen LogP contribution >= 0.6 is 11.3 Å². The third-order valence-corrected chi connectivity index (χ3v) is 4.40. The summed E-state index contributed by atoms with van der Waals surface area (Å²) in [5.41, 5.74) is -0.160. The minimum absolute atomic E-state index is 0.0423. The molecule has 0 aliphatic carbocycles. The Morgan fingerprint density at radius 3 is 2.74 bits per heavy atom. The first-order valence-corrected chi connectivity index (χ1v) is 9.30. The highest BCUT2D eigenvalue weighted by atomic mass is 32.1. The van der Waals surface area contributed by atoms with Crippen LogP contribution in [0.25, 0.3) is 0 Å². The number of aliphatic imine (C=N–C) groups is 1. The van der Waals surface area contributed by atoms with E-state index in [1.807, 2.05) is 19.1 Å². The molecule has 10 heteroatoms. The van der Waals surface area contributed by atoms with Crippen LogP contribution in [-0.2, 0) is 12.7 Å². The fourth-order valence-corrected chi connectivity index (χ4v) is 3.07. The summed E-state index contributed by atoms with van der Waals surface area (Å²) in [6.07, 6.45) is -3.62. The lowest BCUT2D eigenvalue weighted by Gasteiger charge is -2.13. The van der Waals surface area contributed by atoms with Gasteiger partial charge in [-0.2, -0.15) is 13.2 Å². The Bertz CT molecular complexity index is 808. The lowest BCUT2D eigenvalue weighted by atomic mass is 10.3. The zero-order valence-electron chi connectivity index (χ0n) is 14.6. The molecular weight excluding hydrogens is 381 g/mol. The number of rotatable bonds is 4. The second-order valence-corrected chi connectivity index (χ2v) is 6.60. The van der Waals surface area contributed by atoms with Gasteiger partial charge in [0.2, 0.25) is 0 Å². The minimum atomic E-state index is -4.44. The summed E-state index contributed by atoms with van der Waals surface area (Å²) in [6, 6.07) is 5.44. The fourth-order valence-electron chi connectivity index (χ4n) is 2.35. The smallest absolute Gasteiger partial charge is 0.434 e. The zero-order valence-corrected chi connectivity index (χ0v) is 15.4. The van der Waals surface area contributed by atoms with Gasteiger partial charge < -0.3 is 20.1 Å². The molecule has 0 amide bonds. The molecule has 0 bridgehead atoms. The predicted molar refractivity (Wildman–Crippen MR) is 97.6 cm³/mol. The van der Waals surface area contributed by atoms with E-state index in [4.69, 9.17) is 9.47 Å². The number of aromatic nitrogens is 1. The number of hydrogen-bond acceptors (Lipinski definition) is 5. The lowest BCUT2D eigenvalue weighted by molar-refractivity contribution is -0.140. The summed E-state index contributed by atoms with van der Waals surface area (Å²) >= 11 is 0.933. The molecule has 3 rings (SSSR count). The molecule has 2 heterocycles. The van der Waals surface area contributed by atoms with Crippen molar-refractivity contribution in [2.75, 3.05) is 25.1 Å². The number of ether oxygens (including phenoxy) is 2. The van der Waals surface area contributed by atoms with E-state index in [-0.39, 0.29) is 11.6 Å². The second-order valence-electron chi connectivity index (χ2n) is 5.66. The molecule has 0 saturated heterocycles. The minimum Gasteiger partial charge on any atom is -0.490 e. The van der Waals surface area contributed by atoms with Crippen LogP contribution in [0.3, 0.4) is 0 Å². The number of hydrogen-bond donors (Lipinski definition) is 2. The number of anilines is 1. The molecule has 2 aromatic rings. The van der Waals surface area contributed by atoms with E-state index in [1.165, 1.54) is 0 Å². The number of alkyl halides is 3. The van der Waals surface area contributed by atoms with Gasteiger partial charge in [-0.15, -0.1) is 11.3 Å². The average molecular weight is 400 g/mol. The number of nitrogens with zero attached hydrogens (tertiary/aromatic N) is 2. The molecule has 0 saturated carbocycles. The SMILES string of the molecule is CCNC(=NCc1nc(C(F)(F)F)cs1)Nc1ccc2c(c1)OCCCO2. The Morgan fingerprint density at radius 2 is 2.04 bits per heavy atom. The van der Waals surface area contributed by atoms with Gasteiger partial charge in [0.15, 0.2) is 23.2 Å². The first-order valence-electron chi connectivity index (χ1n) is 8.42. The molecule has 0 radical (unpaired) electrons. The Morgan fingerprint density at radius 1 is 1.26 bits per heavy atom. The van der Waals surface area contributed by atoms with E-state index in [9.17, 15) is 13.2 Å². The molecule has 27 heavy (non-hydrogen) atoms. The summed E-state index contributed by atoms with van der Waals surface area (Å²) in [5, 5.41) is 7.45. The van der Waals surface area contributed by atoms with Gasteiger partial charge in [-0.05, 0) is 19.1 Å². The molecule has 1 aliphatic rings. The van der Waals surface area contributed by atoms with Gasteiger partial charge in [-0.3, -0.25) is 0 Å². The average Bonchev–Trinajstić information content (AvgIpc) is 2.99. The second kappa shape index (κ2) is 8.47. The molecule has 1 aliphatic heterocycles. The van der Waals surface area contributed by atoms with Crippen molar-refractivity contribution < 1.29 is 22.6 Å². The standard InChI is InChI=1S/C17H19F3N4O2S/c1-2-21-16(22-9-15-24-14(10-27-15)17(18,19)20)23-11-4-5-12-13(8-11)26-7-3-6-25-12/h4-5,8,10H,2-3,6-7,9H2,1H3,(H2,21,22,23). The van der Waals surface area contributed by atoms with Crippen molar-refractivity contribution >= 4 is 23.0 Å². The Labute approximate surface area is 158 Å². The van der Waals surface area contributed by atoms with Gasteiger partial charge in [0.25, 0.3) is 0 Å². The summed E-state index contributed by atoms with van der Waals surface area (Å²) < 4.78 is 49.2. The number of benzene rings is 1. The Hall–Kier alpha value is -2.49. The number of fused-ring (bicyclic) bond motifs is 1. The van der Waals surface area contributed by atoms with Crippen LogP contribution in [-0.4, -0.2) is 30.7 Å². The third kappa shape index (κ3) is 5.25. The van der Waals surface area contributed by atoms with Crippen molar-refractivity contribution in [2.45, 2.75) is 26.1 Å². The Kier molecular flexibility index (Phi) is 6.04. The molecule has 0 unspecified atom stereocenters. The number of guanidine groups is 1. The van der Waals surface area contributed by atoms with E-state index in [0.29, 0.717) is 37.2 Å². The van der Waals surface area contributed by atoms with Crippen molar-refractivity contribution in [3.8, 4) is 11.5 Å². The van der Waals surface area contributed by atoms with E-state index < -0.39 is 11.9 Å². The highest BCUT2D eigenvalue weighted by molar-refractivity contribution is 7.09. The predicted octanol–water partition coefficient (Wildman–Crippen LogP) is 3.90. The van der Waals surface area contributed by atoms with Crippen molar-refractivity contribution in [1.29, 1.82) is 0 Å². The summed E-state index contributed by atoms with van der Waals surface area (Å²) in [6.45, 7) is 3.73. The normalized spacial score (nSPS) is 14.6.